The Morgan fingerprint density at radius 3 is 1.66 bits per heavy atom. The predicted molar refractivity (Wildman–Crippen MR) is 289 cm³/mol. The fourth-order valence-corrected chi connectivity index (χ4v) is 8.53. The van der Waals surface area contributed by atoms with Crippen LogP contribution < -0.4 is 41.8 Å². The second kappa shape index (κ2) is 27.4. The minimum absolute atomic E-state index is 0.0746. The largest absolute Gasteiger partial charge is 0.395 e. The summed E-state index contributed by atoms with van der Waals surface area (Å²) in [6.07, 6.45) is 5.55. The predicted octanol–water partition coefficient (Wildman–Crippen LogP) is 9.88. The summed E-state index contributed by atoms with van der Waals surface area (Å²) in [6, 6.07) is 33.0. The molecular weight excluding hydrogens is 937 g/mol. The molecule has 7 rings (SSSR count). The Morgan fingerprint density at radius 2 is 1.11 bits per heavy atom. The van der Waals surface area contributed by atoms with Crippen LogP contribution in [0, 0.1) is 0 Å². The van der Waals surface area contributed by atoms with Gasteiger partial charge in [0.1, 0.15) is 12.2 Å². The van der Waals surface area contributed by atoms with Crippen molar-refractivity contribution in [3.05, 3.63) is 134 Å². The number of anilines is 9. The lowest BCUT2D eigenvalue weighted by Crippen LogP contribution is -2.32. The Morgan fingerprint density at radius 1 is 0.592 bits per heavy atom. The zero-order valence-electron chi connectivity index (χ0n) is 39.5. The molecule has 366 valence electrons. The van der Waals surface area contributed by atoms with E-state index in [1.54, 1.807) is 27.7 Å². The van der Waals surface area contributed by atoms with Crippen LogP contribution in [0.1, 0.15) is 19.4 Å². The zero-order valence-corrected chi connectivity index (χ0v) is 41.1. The van der Waals surface area contributed by atoms with Crippen LogP contribution in [-0.4, -0.2) is 97.6 Å². The highest BCUT2D eigenvalue weighted by atomic mass is 33.1. The van der Waals surface area contributed by atoms with Crippen LogP contribution >= 0.6 is 21.6 Å². The number of aliphatic hydroxyl groups excluding tert-OH is 2. The number of hydrogen-bond acceptors (Lipinski definition) is 21. The summed E-state index contributed by atoms with van der Waals surface area (Å²) in [5.74, 6) is 3.60. The Balaban J connectivity index is 0.875. The minimum atomic E-state index is -0.0790. The lowest BCUT2D eigenvalue weighted by atomic mass is 10.1. The highest BCUT2D eigenvalue weighted by molar-refractivity contribution is 8.76. The highest BCUT2D eigenvalue weighted by Crippen LogP contribution is 2.29. The maximum Gasteiger partial charge on any atom is 0.233 e. The van der Waals surface area contributed by atoms with Gasteiger partial charge in [0.15, 0.2) is 6.20 Å². The molecule has 0 aliphatic rings. The Hall–Kier alpha value is -7.79. The number of hydrogen-bond donors (Lipinski definition) is 9. The molecule has 3 heterocycles. The number of pyridine rings is 1. The molecule has 0 fully saturated rings. The van der Waals surface area contributed by atoms with Gasteiger partial charge in [0, 0.05) is 79.0 Å². The van der Waals surface area contributed by atoms with E-state index in [4.69, 9.17) is 0 Å². The normalized spacial score (nSPS) is 11.5. The number of aliphatic hydroxyl groups is 2. The average Bonchev–Trinajstić information content (AvgIpc) is 3.39. The Kier molecular flexibility index (Phi) is 19.7. The van der Waals surface area contributed by atoms with Gasteiger partial charge in [-0.3, -0.25) is 0 Å². The van der Waals surface area contributed by atoms with E-state index in [-0.39, 0.29) is 26.3 Å². The van der Waals surface area contributed by atoms with Gasteiger partial charge in [-0.05, 0) is 80.6 Å². The SMILES string of the molecule is C=C/C=C(/N=Nc1ccc(Nc2nc(NCCO)nc(NCCSSCCNc3nc(NCCO)nc(Nc4ccc(N=Nc5cc[n+](CC)c6ccccc56)cc4)n3)n2)cc1)c1ccccc1NCC. The van der Waals surface area contributed by atoms with Crippen molar-refractivity contribution >= 4 is 108 Å². The maximum atomic E-state index is 9.42. The smallest absolute Gasteiger partial charge is 0.233 e. The molecule has 0 spiro atoms. The van der Waals surface area contributed by atoms with Crippen molar-refractivity contribution in [1.29, 1.82) is 0 Å². The second-order valence-corrected chi connectivity index (χ2v) is 17.7. The lowest BCUT2D eigenvalue weighted by molar-refractivity contribution is -0.667. The first kappa shape index (κ1) is 51.1. The third-order valence-corrected chi connectivity index (χ3v) is 12.4. The first-order chi connectivity index (χ1) is 34.9. The summed E-state index contributed by atoms with van der Waals surface area (Å²) in [4.78, 5) is 27.1. The van der Waals surface area contributed by atoms with E-state index in [2.05, 4.69) is 118 Å². The van der Waals surface area contributed by atoms with Crippen LogP contribution in [0.5, 0.6) is 0 Å². The fourth-order valence-electron chi connectivity index (χ4n) is 6.72. The monoisotopic (exact) mass is 993 g/mol. The molecule has 0 aliphatic heterocycles. The van der Waals surface area contributed by atoms with Gasteiger partial charge < -0.3 is 47.4 Å². The molecule has 71 heavy (non-hydrogen) atoms. The molecule has 9 N–H and O–H groups in total. The number of allylic oxidation sites excluding steroid dienone is 2. The Labute approximate surface area is 420 Å². The van der Waals surface area contributed by atoms with Gasteiger partial charge in [-0.1, -0.05) is 64.6 Å². The molecule has 20 nitrogen and oxygen atoms in total. The van der Waals surface area contributed by atoms with Gasteiger partial charge in [0.25, 0.3) is 0 Å². The third-order valence-electron chi connectivity index (χ3n) is 9.96. The molecular formula is C49H57N18O2S2+. The number of benzene rings is 4. The molecule has 0 saturated carbocycles. The van der Waals surface area contributed by atoms with Crippen LogP contribution in [-0.2, 0) is 6.54 Å². The van der Waals surface area contributed by atoms with Gasteiger partial charge in [-0.2, -0.15) is 44.7 Å². The molecule has 0 amide bonds. The number of fused-ring (bicyclic) bond motifs is 1. The van der Waals surface area contributed by atoms with E-state index in [0.29, 0.717) is 65.9 Å². The summed E-state index contributed by atoms with van der Waals surface area (Å²) < 4.78 is 2.18. The van der Waals surface area contributed by atoms with Crippen molar-refractivity contribution < 1.29 is 14.8 Å². The molecule has 22 heteroatoms. The molecule has 0 aliphatic carbocycles. The topological polar surface area (TPSA) is 255 Å². The number of nitrogens with zero attached hydrogens (tertiary/aromatic N) is 11. The van der Waals surface area contributed by atoms with Gasteiger partial charge >= 0.3 is 0 Å². The van der Waals surface area contributed by atoms with Crippen molar-refractivity contribution in [1.82, 2.24) is 29.9 Å². The molecule has 0 saturated heterocycles. The summed E-state index contributed by atoms with van der Waals surface area (Å²) in [5, 5.41) is 60.4. The highest BCUT2D eigenvalue weighted by Gasteiger charge is 2.13. The van der Waals surface area contributed by atoms with Crippen LogP contribution in [0.15, 0.2) is 149 Å². The molecule has 0 bridgehead atoms. The van der Waals surface area contributed by atoms with Crippen molar-refractivity contribution in [2.45, 2.75) is 20.4 Å². The average molecular weight is 994 g/mol. The van der Waals surface area contributed by atoms with E-state index in [1.807, 2.05) is 110 Å². The van der Waals surface area contributed by atoms with Gasteiger partial charge in [0.05, 0.1) is 35.7 Å². The van der Waals surface area contributed by atoms with Crippen LogP contribution in [0.3, 0.4) is 0 Å². The number of rotatable bonds is 28. The summed E-state index contributed by atoms with van der Waals surface area (Å²) >= 11 is 0. The molecule has 0 atom stereocenters. The fraction of sp³-hybridized carbons (Fsp3) is 0.245. The quantitative estimate of drug-likeness (QED) is 0.00727. The number of nitrogens with one attached hydrogen (secondary N) is 7. The van der Waals surface area contributed by atoms with Crippen LogP contribution in [0.2, 0.25) is 0 Å². The first-order valence-corrected chi connectivity index (χ1v) is 25.5. The maximum absolute atomic E-state index is 9.42. The summed E-state index contributed by atoms with van der Waals surface area (Å²) in [7, 11) is 3.40. The Bertz CT molecular complexity index is 2910. The molecule has 4 aromatic carbocycles. The molecule has 0 unspecified atom stereocenters. The number of aryl methyl sites for hydroxylation is 1. The van der Waals surface area contributed by atoms with E-state index in [0.717, 1.165) is 63.8 Å². The summed E-state index contributed by atoms with van der Waals surface area (Å²) in [6.45, 7) is 11.2. The molecule has 7 aromatic rings. The minimum Gasteiger partial charge on any atom is -0.395 e. The standard InChI is InChI=1S/C49H56N18O2S2/c1-4-11-41(38-12-7-9-14-40(38)50-5-2)65-63-36-20-16-34(17-21-36)55-48-59-44(51-25-30-68)57-46(61-48)53-27-32-70-71-33-28-54-47-58-45(52-26-31-69)60-49(62-47)56-35-18-22-37(23-19-35)64-66-42-24-29-67(6-3)43-15-10-8-13-39(42)43/h4,7-24,29,50,68-69H,1,5-6,25-28,30-33H2,2-3H3,(H5,51,52,53,54,55,57,58,59,60,61,62,65)/p+1/b41-11+. The van der Waals surface area contributed by atoms with Crippen molar-refractivity contribution in [3.8, 4) is 0 Å². The number of para-hydroxylation sites is 2. The molecule has 0 radical (unpaired) electrons. The van der Waals surface area contributed by atoms with E-state index in [1.165, 1.54) is 0 Å². The second-order valence-electron chi connectivity index (χ2n) is 15.0. The van der Waals surface area contributed by atoms with Gasteiger partial charge in [0.2, 0.25) is 41.2 Å². The van der Waals surface area contributed by atoms with Gasteiger partial charge in [-0.25, -0.2) is 0 Å². The van der Waals surface area contributed by atoms with E-state index < -0.39 is 0 Å². The van der Waals surface area contributed by atoms with Crippen LogP contribution in [0.25, 0.3) is 16.6 Å². The van der Waals surface area contributed by atoms with Crippen molar-refractivity contribution in [3.63, 3.8) is 0 Å². The third kappa shape index (κ3) is 15.6. The van der Waals surface area contributed by atoms with E-state index >= 15 is 0 Å². The van der Waals surface area contributed by atoms with Gasteiger partial charge in [-0.15, -0.1) is 10.2 Å². The zero-order chi connectivity index (χ0) is 49.5. The van der Waals surface area contributed by atoms with Crippen molar-refractivity contribution in [2.75, 3.05) is 94.7 Å². The number of azo groups is 2. The van der Waals surface area contributed by atoms with Crippen molar-refractivity contribution in [2.24, 2.45) is 20.5 Å². The first-order valence-electron chi connectivity index (χ1n) is 23.0. The van der Waals surface area contributed by atoms with E-state index in [9.17, 15) is 10.2 Å². The lowest BCUT2D eigenvalue weighted by Gasteiger charge is -2.12. The summed E-state index contributed by atoms with van der Waals surface area (Å²) in [5.41, 5.74) is 7.34. The molecule has 3 aromatic heterocycles. The van der Waals surface area contributed by atoms with Crippen LogP contribution in [0.4, 0.5) is 69.8 Å². The number of aromatic nitrogens is 7.